The molecule has 0 bridgehead atoms. The zero-order valence-corrected chi connectivity index (χ0v) is 14.5. The molecule has 0 saturated heterocycles. The van der Waals surface area contributed by atoms with Crippen molar-refractivity contribution in [3.05, 3.63) is 48.0 Å². The molecule has 2 aromatic carbocycles. The van der Waals surface area contributed by atoms with Crippen LogP contribution in [-0.2, 0) is 0 Å². The summed E-state index contributed by atoms with van der Waals surface area (Å²) in [5.74, 6) is 0.782. The molecule has 1 atom stereocenters. The van der Waals surface area contributed by atoms with Crippen LogP contribution in [0, 0.1) is 0 Å². The van der Waals surface area contributed by atoms with Gasteiger partial charge in [0.05, 0.1) is 16.6 Å². The van der Waals surface area contributed by atoms with Crippen molar-refractivity contribution in [1.29, 1.82) is 0 Å². The summed E-state index contributed by atoms with van der Waals surface area (Å²) >= 11 is 0. The second-order valence-corrected chi connectivity index (χ2v) is 6.54. The fourth-order valence-corrected chi connectivity index (χ4v) is 3.37. The number of aromatic nitrogens is 4. The Morgan fingerprint density at radius 3 is 2.72 bits per heavy atom. The largest absolute Gasteiger partial charge is 0.337 e. The van der Waals surface area contributed by atoms with E-state index in [2.05, 4.69) is 57.4 Å². The minimum absolute atomic E-state index is 0.285. The molecule has 4 aromatic rings. The predicted molar refractivity (Wildman–Crippen MR) is 101 cm³/mol. The van der Waals surface area contributed by atoms with Crippen LogP contribution in [0.1, 0.15) is 18.0 Å². The van der Waals surface area contributed by atoms with Crippen molar-refractivity contribution >= 4 is 21.9 Å². The number of aromatic amines is 2. The highest BCUT2D eigenvalue weighted by Gasteiger charge is 2.17. The third-order valence-electron chi connectivity index (χ3n) is 4.65. The topological polar surface area (TPSA) is 86.6 Å². The first kappa shape index (κ1) is 15.8. The number of rotatable bonds is 5. The van der Waals surface area contributed by atoms with Gasteiger partial charge in [-0.3, -0.25) is 5.10 Å². The van der Waals surface area contributed by atoms with Crippen LogP contribution in [0.4, 0.5) is 0 Å². The number of nitrogens with one attached hydrogen (secondary N) is 2. The van der Waals surface area contributed by atoms with Gasteiger partial charge in [-0.25, -0.2) is 4.98 Å². The Morgan fingerprint density at radius 1 is 1.12 bits per heavy atom. The lowest BCUT2D eigenvalue weighted by Gasteiger charge is -2.24. The number of benzene rings is 2. The van der Waals surface area contributed by atoms with Gasteiger partial charge in [0.2, 0.25) is 0 Å². The molecule has 0 aliphatic heterocycles. The molecule has 6 nitrogen and oxygen atoms in total. The van der Waals surface area contributed by atoms with E-state index in [0.29, 0.717) is 6.54 Å². The van der Waals surface area contributed by atoms with E-state index in [4.69, 9.17) is 5.73 Å². The average molecular weight is 334 g/mol. The lowest BCUT2D eigenvalue weighted by atomic mass is 10.0. The van der Waals surface area contributed by atoms with Crippen molar-refractivity contribution in [3.8, 4) is 11.5 Å². The normalized spacial score (nSPS) is 13.1. The molecule has 128 valence electrons. The smallest absolute Gasteiger partial charge is 0.159 e. The predicted octanol–water partition coefficient (Wildman–Crippen LogP) is 3.06. The zero-order chi connectivity index (χ0) is 17.4. The SMILES string of the molecule is CN(C)C(CCN)c1ccc2[nH]nc(-c3nc4ccccc4[nH]3)c2c1. The fourth-order valence-electron chi connectivity index (χ4n) is 3.37. The third kappa shape index (κ3) is 2.79. The summed E-state index contributed by atoms with van der Waals surface area (Å²) in [5, 5.41) is 8.67. The minimum atomic E-state index is 0.285. The molecule has 0 radical (unpaired) electrons. The Morgan fingerprint density at radius 2 is 1.96 bits per heavy atom. The van der Waals surface area contributed by atoms with Gasteiger partial charge in [-0.05, 0) is 56.9 Å². The van der Waals surface area contributed by atoms with Crippen molar-refractivity contribution in [2.24, 2.45) is 5.73 Å². The standard InChI is InChI=1S/C19H22N6/c1-25(2)17(9-10-20)12-7-8-14-13(11-12)18(24-23-14)19-21-15-5-3-4-6-16(15)22-19/h3-8,11,17H,9-10,20H2,1-2H3,(H,21,22)(H,23,24). The van der Waals surface area contributed by atoms with Crippen LogP contribution in [0.25, 0.3) is 33.5 Å². The maximum absolute atomic E-state index is 5.80. The quantitative estimate of drug-likeness (QED) is 0.523. The van der Waals surface area contributed by atoms with Gasteiger partial charge in [0.25, 0.3) is 0 Å². The first-order valence-electron chi connectivity index (χ1n) is 8.47. The zero-order valence-electron chi connectivity index (χ0n) is 14.5. The molecule has 4 rings (SSSR count). The summed E-state index contributed by atoms with van der Waals surface area (Å²) < 4.78 is 0. The molecule has 25 heavy (non-hydrogen) atoms. The summed E-state index contributed by atoms with van der Waals surface area (Å²) in [7, 11) is 4.17. The molecule has 0 aliphatic carbocycles. The van der Waals surface area contributed by atoms with Gasteiger partial charge >= 0.3 is 0 Å². The van der Waals surface area contributed by atoms with Crippen LogP contribution >= 0.6 is 0 Å². The average Bonchev–Trinajstić information content (AvgIpc) is 3.22. The number of H-pyrrole nitrogens is 2. The number of imidazole rings is 1. The molecule has 0 aliphatic rings. The van der Waals surface area contributed by atoms with Crippen LogP contribution in [0.5, 0.6) is 0 Å². The molecule has 0 spiro atoms. The number of nitrogens with two attached hydrogens (primary N) is 1. The second-order valence-electron chi connectivity index (χ2n) is 6.54. The summed E-state index contributed by atoms with van der Waals surface area (Å²) in [6.07, 6.45) is 0.913. The van der Waals surface area contributed by atoms with E-state index in [1.165, 1.54) is 5.56 Å². The van der Waals surface area contributed by atoms with Crippen molar-refractivity contribution in [3.63, 3.8) is 0 Å². The van der Waals surface area contributed by atoms with E-state index in [0.717, 1.165) is 39.9 Å². The van der Waals surface area contributed by atoms with E-state index < -0.39 is 0 Å². The van der Waals surface area contributed by atoms with Gasteiger partial charge in [0, 0.05) is 11.4 Å². The maximum atomic E-state index is 5.80. The molecule has 0 amide bonds. The van der Waals surface area contributed by atoms with Crippen LogP contribution in [-0.4, -0.2) is 45.7 Å². The first-order valence-corrected chi connectivity index (χ1v) is 8.47. The summed E-state index contributed by atoms with van der Waals surface area (Å²) in [5.41, 5.74) is 10.8. The number of hydrogen-bond acceptors (Lipinski definition) is 4. The van der Waals surface area contributed by atoms with Gasteiger partial charge < -0.3 is 15.6 Å². The van der Waals surface area contributed by atoms with E-state index in [9.17, 15) is 0 Å². The molecule has 0 saturated carbocycles. The molecular weight excluding hydrogens is 312 g/mol. The van der Waals surface area contributed by atoms with E-state index in [1.807, 2.05) is 24.3 Å². The minimum Gasteiger partial charge on any atom is -0.337 e. The lowest BCUT2D eigenvalue weighted by molar-refractivity contribution is 0.287. The Kier molecular flexibility index (Phi) is 3.99. The monoisotopic (exact) mass is 334 g/mol. The van der Waals surface area contributed by atoms with E-state index in [1.54, 1.807) is 0 Å². The molecule has 1 unspecified atom stereocenters. The number of nitrogens with zero attached hydrogens (tertiary/aromatic N) is 3. The van der Waals surface area contributed by atoms with Crippen LogP contribution < -0.4 is 5.73 Å². The van der Waals surface area contributed by atoms with Crippen molar-refractivity contribution in [2.45, 2.75) is 12.5 Å². The summed E-state index contributed by atoms with van der Waals surface area (Å²) in [6, 6.07) is 14.7. The Hall–Kier alpha value is -2.70. The Balaban J connectivity index is 1.83. The number of hydrogen-bond donors (Lipinski definition) is 3. The van der Waals surface area contributed by atoms with Crippen LogP contribution in [0.2, 0.25) is 0 Å². The Bertz CT molecular complexity index is 980. The Labute approximate surface area is 146 Å². The number of para-hydroxylation sites is 2. The van der Waals surface area contributed by atoms with Crippen LogP contribution in [0.15, 0.2) is 42.5 Å². The second kappa shape index (κ2) is 6.31. The highest BCUT2D eigenvalue weighted by atomic mass is 15.1. The highest BCUT2D eigenvalue weighted by Crippen LogP contribution is 2.30. The molecule has 2 aromatic heterocycles. The van der Waals surface area contributed by atoms with E-state index >= 15 is 0 Å². The van der Waals surface area contributed by atoms with Gasteiger partial charge in [0.15, 0.2) is 5.82 Å². The van der Waals surface area contributed by atoms with Crippen LogP contribution in [0.3, 0.4) is 0 Å². The molecule has 6 heteroatoms. The van der Waals surface area contributed by atoms with Gasteiger partial charge in [-0.2, -0.15) is 5.10 Å². The fraction of sp³-hybridized carbons (Fsp3) is 0.263. The molecule has 2 heterocycles. The van der Waals surface area contributed by atoms with Gasteiger partial charge in [0.1, 0.15) is 5.69 Å². The summed E-state index contributed by atoms with van der Waals surface area (Å²) in [4.78, 5) is 10.2. The van der Waals surface area contributed by atoms with Crippen molar-refractivity contribution in [2.75, 3.05) is 20.6 Å². The van der Waals surface area contributed by atoms with Gasteiger partial charge in [-0.15, -0.1) is 0 Å². The third-order valence-corrected chi connectivity index (χ3v) is 4.65. The van der Waals surface area contributed by atoms with Crippen molar-refractivity contribution < 1.29 is 0 Å². The van der Waals surface area contributed by atoms with Gasteiger partial charge in [-0.1, -0.05) is 18.2 Å². The lowest BCUT2D eigenvalue weighted by Crippen LogP contribution is -2.22. The molecular formula is C19H22N6. The van der Waals surface area contributed by atoms with E-state index in [-0.39, 0.29) is 6.04 Å². The highest BCUT2D eigenvalue weighted by molar-refractivity contribution is 5.93. The summed E-state index contributed by atoms with van der Waals surface area (Å²) in [6.45, 7) is 0.655. The maximum Gasteiger partial charge on any atom is 0.159 e. The first-order chi connectivity index (χ1) is 12.2. The number of fused-ring (bicyclic) bond motifs is 2. The van der Waals surface area contributed by atoms with Crippen molar-refractivity contribution in [1.82, 2.24) is 25.1 Å². The molecule has 4 N–H and O–H groups in total. The molecule has 0 fully saturated rings.